The first-order valence-corrected chi connectivity index (χ1v) is 7.16. The molecule has 2 unspecified atom stereocenters. The van der Waals surface area contributed by atoms with Gasteiger partial charge in [-0.05, 0) is 25.2 Å². The molecule has 1 aromatic heterocycles. The summed E-state index contributed by atoms with van der Waals surface area (Å²) in [6.45, 7) is 0.177. The van der Waals surface area contributed by atoms with Crippen LogP contribution < -0.4 is 5.32 Å². The van der Waals surface area contributed by atoms with Crippen LogP contribution in [0, 0.1) is 17.6 Å². The topological polar surface area (TPSA) is 58.0 Å². The fraction of sp³-hybridized carbons (Fsp3) is 0.467. The minimum Gasteiger partial charge on any atom is -0.396 e. The van der Waals surface area contributed by atoms with Crippen LogP contribution in [0.15, 0.2) is 18.3 Å². The molecule has 1 saturated carbocycles. The molecule has 1 aromatic carbocycles. The molecule has 3 rings (SSSR count). The van der Waals surface area contributed by atoms with Crippen molar-refractivity contribution in [1.29, 1.82) is 0 Å². The van der Waals surface area contributed by atoms with Crippen molar-refractivity contribution in [2.75, 3.05) is 11.9 Å². The largest absolute Gasteiger partial charge is 0.396 e. The molecule has 2 atom stereocenters. The second-order valence-electron chi connectivity index (χ2n) is 5.46. The van der Waals surface area contributed by atoms with E-state index in [1.165, 1.54) is 6.20 Å². The Labute approximate surface area is 121 Å². The lowest BCUT2D eigenvalue weighted by Crippen LogP contribution is -2.25. The Morgan fingerprint density at radius 2 is 1.95 bits per heavy atom. The summed E-state index contributed by atoms with van der Waals surface area (Å²) in [4.78, 5) is 8.41. The van der Waals surface area contributed by atoms with Gasteiger partial charge in [-0.2, -0.15) is 0 Å². The van der Waals surface area contributed by atoms with Crippen molar-refractivity contribution < 1.29 is 13.9 Å². The maximum atomic E-state index is 13.3. The number of benzene rings is 1. The van der Waals surface area contributed by atoms with E-state index in [1.54, 1.807) is 0 Å². The van der Waals surface area contributed by atoms with Gasteiger partial charge >= 0.3 is 0 Å². The second-order valence-corrected chi connectivity index (χ2v) is 5.46. The van der Waals surface area contributed by atoms with Crippen LogP contribution in [0.3, 0.4) is 0 Å². The number of hydrogen-bond acceptors (Lipinski definition) is 4. The van der Waals surface area contributed by atoms with Crippen LogP contribution >= 0.6 is 0 Å². The summed E-state index contributed by atoms with van der Waals surface area (Å²) in [5.41, 5.74) is 0.661. The molecule has 0 aliphatic heterocycles. The third kappa shape index (κ3) is 2.95. The van der Waals surface area contributed by atoms with E-state index in [2.05, 4.69) is 15.3 Å². The smallest absolute Gasteiger partial charge is 0.161 e. The molecule has 21 heavy (non-hydrogen) atoms. The number of rotatable bonds is 4. The number of nitrogens with one attached hydrogen (secondary N) is 1. The lowest BCUT2D eigenvalue weighted by molar-refractivity contribution is 0.254. The van der Waals surface area contributed by atoms with Gasteiger partial charge in [0.25, 0.3) is 0 Å². The van der Waals surface area contributed by atoms with E-state index in [0.717, 1.165) is 37.8 Å². The Bertz CT molecular complexity index is 650. The van der Waals surface area contributed by atoms with Gasteiger partial charge < -0.3 is 10.4 Å². The normalized spacial score (nSPS) is 21.9. The minimum absolute atomic E-state index is 0.177. The van der Waals surface area contributed by atoms with Crippen LogP contribution in [0.25, 0.3) is 11.0 Å². The zero-order valence-corrected chi connectivity index (χ0v) is 11.5. The molecule has 2 N–H and O–H groups in total. The Morgan fingerprint density at radius 3 is 2.71 bits per heavy atom. The molecule has 4 nitrogen and oxygen atoms in total. The van der Waals surface area contributed by atoms with E-state index in [4.69, 9.17) is 5.11 Å². The highest BCUT2D eigenvalue weighted by Gasteiger charge is 2.26. The summed E-state index contributed by atoms with van der Waals surface area (Å²) in [5, 5.41) is 12.4. The van der Waals surface area contributed by atoms with Gasteiger partial charge in [-0.25, -0.2) is 13.8 Å². The SMILES string of the molecule is OCCC1CCCC1Nc1cnc2cc(F)c(F)cc2n1. The number of halogens is 2. The van der Waals surface area contributed by atoms with Crippen molar-refractivity contribution in [3.63, 3.8) is 0 Å². The number of aliphatic hydroxyl groups is 1. The van der Waals surface area contributed by atoms with Gasteiger partial charge in [-0.1, -0.05) is 6.42 Å². The van der Waals surface area contributed by atoms with Crippen LogP contribution in [-0.4, -0.2) is 27.7 Å². The molecule has 1 fully saturated rings. The first-order chi connectivity index (χ1) is 10.2. The van der Waals surface area contributed by atoms with E-state index < -0.39 is 11.6 Å². The van der Waals surface area contributed by atoms with Crippen molar-refractivity contribution in [3.8, 4) is 0 Å². The number of aliphatic hydroxyl groups excluding tert-OH is 1. The molecule has 0 amide bonds. The van der Waals surface area contributed by atoms with Gasteiger partial charge in [0.15, 0.2) is 11.6 Å². The van der Waals surface area contributed by atoms with Crippen LogP contribution in [0.1, 0.15) is 25.7 Å². The van der Waals surface area contributed by atoms with E-state index in [1.807, 2.05) is 0 Å². The van der Waals surface area contributed by atoms with E-state index in [-0.39, 0.29) is 12.6 Å². The van der Waals surface area contributed by atoms with Gasteiger partial charge in [-0.3, -0.25) is 4.98 Å². The summed E-state index contributed by atoms with van der Waals surface area (Å²) in [6.07, 6.45) is 5.51. The maximum Gasteiger partial charge on any atom is 0.161 e. The Balaban J connectivity index is 1.82. The summed E-state index contributed by atoms with van der Waals surface area (Å²) < 4.78 is 26.4. The van der Waals surface area contributed by atoms with Gasteiger partial charge in [0, 0.05) is 24.8 Å². The van der Waals surface area contributed by atoms with Crippen LogP contribution in [0.5, 0.6) is 0 Å². The van der Waals surface area contributed by atoms with Gasteiger partial charge in [-0.15, -0.1) is 0 Å². The van der Waals surface area contributed by atoms with Crippen molar-refractivity contribution in [2.24, 2.45) is 5.92 Å². The highest BCUT2D eigenvalue weighted by atomic mass is 19.2. The third-order valence-electron chi connectivity index (χ3n) is 4.08. The van der Waals surface area contributed by atoms with E-state index in [0.29, 0.717) is 22.8 Å². The molecule has 0 spiro atoms. The average molecular weight is 293 g/mol. The first-order valence-electron chi connectivity index (χ1n) is 7.16. The zero-order valence-electron chi connectivity index (χ0n) is 11.5. The maximum absolute atomic E-state index is 13.3. The molecular weight excluding hydrogens is 276 g/mol. The predicted molar refractivity (Wildman–Crippen MR) is 75.9 cm³/mol. The van der Waals surface area contributed by atoms with Gasteiger partial charge in [0.05, 0.1) is 17.2 Å². The molecule has 0 saturated heterocycles. The standard InChI is InChI=1S/C15H17F2N3O/c16-10-6-13-14(7-11(10)17)20-15(8-18-13)19-12-3-1-2-9(12)4-5-21/h6-9,12,21H,1-5H2,(H,19,20). The fourth-order valence-electron chi connectivity index (χ4n) is 3.01. The number of nitrogens with zero attached hydrogens (tertiary/aromatic N) is 2. The van der Waals surface area contributed by atoms with E-state index in [9.17, 15) is 8.78 Å². The van der Waals surface area contributed by atoms with E-state index >= 15 is 0 Å². The quantitative estimate of drug-likeness (QED) is 0.910. The third-order valence-corrected chi connectivity index (χ3v) is 4.08. The first kappa shape index (κ1) is 14.1. The summed E-state index contributed by atoms with van der Waals surface area (Å²) >= 11 is 0. The molecular formula is C15H17F2N3O. The number of anilines is 1. The average Bonchev–Trinajstić information content (AvgIpc) is 2.88. The number of hydrogen-bond donors (Lipinski definition) is 2. The molecule has 2 aromatic rings. The lowest BCUT2D eigenvalue weighted by Gasteiger charge is -2.20. The summed E-state index contributed by atoms with van der Waals surface area (Å²) in [6, 6.07) is 2.35. The molecule has 0 radical (unpaired) electrons. The number of aromatic nitrogens is 2. The highest BCUT2D eigenvalue weighted by molar-refractivity contribution is 5.75. The predicted octanol–water partition coefficient (Wildman–Crippen LogP) is 2.87. The highest BCUT2D eigenvalue weighted by Crippen LogP contribution is 2.30. The van der Waals surface area contributed by atoms with Crippen molar-refractivity contribution in [2.45, 2.75) is 31.7 Å². The molecule has 6 heteroatoms. The fourth-order valence-corrected chi connectivity index (χ4v) is 3.01. The molecule has 1 heterocycles. The summed E-state index contributed by atoms with van der Waals surface area (Å²) in [5.74, 6) is -0.870. The Morgan fingerprint density at radius 1 is 1.19 bits per heavy atom. The second kappa shape index (κ2) is 5.89. The molecule has 112 valence electrons. The van der Waals surface area contributed by atoms with Crippen LogP contribution in [-0.2, 0) is 0 Å². The zero-order chi connectivity index (χ0) is 14.8. The molecule has 1 aliphatic carbocycles. The lowest BCUT2D eigenvalue weighted by atomic mass is 10.0. The van der Waals surface area contributed by atoms with Gasteiger partial charge in [0.2, 0.25) is 0 Å². The summed E-state index contributed by atoms with van der Waals surface area (Å²) in [7, 11) is 0. The van der Waals surface area contributed by atoms with Crippen molar-refractivity contribution in [1.82, 2.24) is 9.97 Å². The molecule has 1 aliphatic rings. The number of fused-ring (bicyclic) bond motifs is 1. The Hall–Kier alpha value is -1.82. The van der Waals surface area contributed by atoms with Crippen molar-refractivity contribution in [3.05, 3.63) is 30.0 Å². The van der Waals surface area contributed by atoms with Crippen LogP contribution in [0.4, 0.5) is 14.6 Å². The van der Waals surface area contributed by atoms with Crippen molar-refractivity contribution >= 4 is 16.9 Å². The Kier molecular flexibility index (Phi) is 3.96. The van der Waals surface area contributed by atoms with Crippen LogP contribution in [0.2, 0.25) is 0 Å². The minimum atomic E-state index is -0.923. The molecule has 0 bridgehead atoms. The van der Waals surface area contributed by atoms with Gasteiger partial charge in [0.1, 0.15) is 5.82 Å². The monoisotopic (exact) mass is 293 g/mol.